The molecule has 1 aromatic heterocycles. The lowest BCUT2D eigenvalue weighted by Gasteiger charge is -2.35. The van der Waals surface area contributed by atoms with Crippen molar-refractivity contribution in [2.75, 3.05) is 13.1 Å². The molecule has 102 valence electrons. The van der Waals surface area contributed by atoms with E-state index in [1.165, 1.54) is 19.3 Å². The second-order valence-corrected chi connectivity index (χ2v) is 5.48. The van der Waals surface area contributed by atoms with Crippen LogP contribution in [0.4, 0.5) is 0 Å². The normalized spacial score (nSPS) is 21.7. The number of likely N-dealkylation sites (tertiary alicyclic amines) is 1. The average molecular weight is 252 g/mol. The van der Waals surface area contributed by atoms with Gasteiger partial charge in [-0.05, 0) is 26.3 Å². The Bertz CT molecular complexity index is 364. The van der Waals surface area contributed by atoms with Gasteiger partial charge in [-0.15, -0.1) is 0 Å². The van der Waals surface area contributed by atoms with Crippen molar-refractivity contribution in [2.24, 2.45) is 0 Å². The van der Waals surface area contributed by atoms with Crippen LogP contribution in [0.1, 0.15) is 44.5 Å². The highest BCUT2D eigenvalue weighted by Crippen LogP contribution is 2.19. The van der Waals surface area contributed by atoms with Gasteiger partial charge in [0, 0.05) is 25.2 Å². The second-order valence-electron chi connectivity index (χ2n) is 5.48. The number of rotatable bonds is 5. The van der Waals surface area contributed by atoms with E-state index < -0.39 is 0 Å². The quantitative estimate of drug-likeness (QED) is 0.865. The Morgan fingerprint density at radius 3 is 2.89 bits per heavy atom. The summed E-state index contributed by atoms with van der Waals surface area (Å²) in [4.78, 5) is 2.51. The fourth-order valence-electron chi connectivity index (χ4n) is 2.46. The third-order valence-electron chi connectivity index (χ3n) is 3.61. The van der Waals surface area contributed by atoms with E-state index >= 15 is 0 Å². The van der Waals surface area contributed by atoms with Crippen LogP contribution < -0.4 is 5.32 Å². The van der Waals surface area contributed by atoms with E-state index in [9.17, 15) is 0 Å². The van der Waals surface area contributed by atoms with Crippen LogP contribution >= 0.6 is 0 Å². The van der Waals surface area contributed by atoms with Gasteiger partial charge in [-0.1, -0.05) is 30.6 Å². The zero-order valence-electron chi connectivity index (χ0n) is 11.6. The van der Waals surface area contributed by atoms with Crippen LogP contribution in [-0.2, 0) is 6.54 Å². The molecule has 5 nitrogen and oxygen atoms in total. The lowest BCUT2D eigenvalue weighted by atomic mass is 10.0. The van der Waals surface area contributed by atoms with E-state index in [0.717, 1.165) is 31.0 Å². The molecule has 5 heteroatoms. The van der Waals surface area contributed by atoms with Crippen molar-refractivity contribution < 1.29 is 4.63 Å². The van der Waals surface area contributed by atoms with Gasteiger partial charge in [-0.2, -0.15) is 0 Å². The van der Waals surface area contributed by atoms with Crippen molar-refractivity contribution in [1.29, 1.82) is 0 Å². The molecule has 1 aromatic rings. The van der Waals surface area contributed by atoms with Gasteiger partial charge >= 0.3 is 0 Å². The Morgan fingerprint density at radius 2 is 2.22 bits per heavy atom. The van der Waals surface area contributed by atoms with Gasteiger partial charge < -0.3 is 5.32 Å². The van der Waals surface area contributed by atoms with Crippen LogP contribution in [0, 0.1) is 6.92 Å². The van der Waals surface area contributed by atoms with Crippen LogP contribution in [0.25, 0.3) is 0 Å². The van der Waals surface area contributed by atoms with E-state index in [-0.39, 0.29) is 0 Å². The molecule has 1 aliphatic heterocycles. The van der Waals surface area contributed by atoms with Crippen LogP contribution in [0.5, 0.6) is 0 Å². The molecule has 1 atom stereocenters. The zero-order valence-corrected chi connectivity index (χ0v) is 11.6. The molecule has 1 N–H and O–H groups in total. The standard InChI is InChI=1S/C13H24N4O/c1-10(2)14-8-12-6-4-5-7-17(12)9-13-11(3)15-18-16-13/h10,12,14H,4-9H2,1-3H3. The minimum absolute atomic E-state index is 0.546. The fourth-order valence-corrected chi connectivity index (χ4v) is 2.46. The number of hydrogen-bond acceptors (Lipinski definition) is 5. The Labute approximate surface area is 109 Å². The number of nitrogens with zero attached hydrogens (tertiary/aromatic N) is 3. The predicted molar refractivity (Wildman–Crippen MR) is 70.2 cm³/mol. The monoisotopic (exact) mass is 252 g/mol. The van der Waals surface area contributed by atoms with Gasteiger partial charge in [0.25, 0.3) is 0 Å². The molecule has 0 spiro atoms. The van der Waals surface area contributed by atoms with Gasteiger partial charge in [0.05, 0.1) is 0 Å². The average Bonchev–Trinajstić information content (AvgIpc) is 2.74. The second kappa shape index (κ2) is 6.29. The van der Waals surface area contributed by atoms with Crippen LogP contribution in [0.2, 0.25) is 0 Å². The molecule has 0 aliphatic carbocycles. The van der Waals surface area contributed by atoms with Crippen molar-refractivity contribution in [1.82, 2.24) is 20.5 Å². The van der Waals surface area contributed by atoms with E-state index in [0.29, 0.717) is 12.1 Å². The van der Waals surface area contributed by atoms with Gasteiger partial charge in [0.2, 0.25) is 0 Å². The zero-order chi connectivity index (χ0) is 13.0. The fraction of sp³-hybridized carbons (Fsp3) is 0.846. The van der Waals surface area contributed by atoms with E-state index in [4.69, 9.17) is 4.63 Å². The Kier molecular flexibility index (Phi) is 4.72. The Balaban J connectivity index is 1.93. The highest BCUT2D eigenvalue weighted by atomic mass is 16.6. The maximum atomic E-state index is 4.78. The summed E-state index contributed by atoms with van der Waals surface area (Å²) in [6, 6.07) is 1.15. The first-order valence-corrected chi connectivity index (χ1v) is 6.92. The van der Waals surface area contributed by atoms with Gasteiger partial charge in [0.15, 0.2) is 0 Å². The Hall–Kier alpha value is -0.940. The lowest BCUT2D eigenvalue weighted by molar-refractivity contribution is 0.132. The molecule has 0 bridgehead atoms. The van der Waals surface area contributed by atoms with Crippen molar-refractivity contribution in [3.8, 4) is 0 Å². The third-order valence-corrected chi connectivity index (χ3v) is 3.61. The van der Waals surface area contributed by atoms with E-state index in [1.807, 2.05) is 6.92 Å². The molecule has 1 fully saturated rings. The number of nitrogens with one attached hydrogen (secondary N) is 1. The summed E-state index contributed by atoms with van der Waals surface area (Å²) >= 11 is 0. The van der Waals surface area contributed by atoms with Gasteiger partial charge in [-0.25, -0.2) is 4.63 Å². The molecular formula is C13H24N4O. The SMILES string of the molecule is Cc1nonc1CN1CCCCC1CNC(C)C. The largest absolute Gasteiger partial charge is 0.313 e. The molecule has 2 rings (SSSR count). The summed E-state index contributed by atoms with van der Waals surface area (Å²) in [6.45, 7) is 9.41. The molecule has 0 saturated carbocycles. The first-order chi connectivity index (χ1) is 8.66. The molecule has 1 saturated heterocycles. The van der Waals surface area contributed by atoms with Crippen molar-refractivity contribution in [2.45, 2.75) is 58.7 Å². The minimum atomic E-state index is 0.546. The maximum Gasteiger partial charge on any atom is 0.122 e. The topological polar surface area (TPSA) is 54.2 Å². The molecular weight excluding hydrogens is 228 g/mol. The molecule has 1 aliphatic rings. The summed E-state index contributed by atoms with van der Waals surface area (Å²) < 4.78 is 4.78. The molecule has 0 aromatic carbocycles. The van der Waals surface area contributed by atoms with Gasteiger partial charge in [-0.3, -0.25) is 4.90 Å². The number of aryl methyl sites for hydroxylation is 1. The molecule has 0 amide bonds. The summed E-state index contributed by atoms with van der Waals surface area (Å²) in [6.07, 6.45) is 3.88. The molecule has 2 heterocycles. The van der Waals surface area contributed by atoms with Crippen LogP contribution in [-0.4, -0.2) is 40.4 Å². The smallest absolute Gasteiger partial charge is 0.122 e. The molecule has 18 heavy (non-hydrogen) atoms. The highest BCUT2D eigenvalue weighted by Gasteiger charge is 2.24. The van der Waals surface area contributed by atoms with E-state index in [1.54, 1.807) is 0 Å². The summed E-state index contributed by atoms with van der Waals surface area (Å²) in [5.41, 5.74) is 1.89. The third kappa shape index (κ3) is 3.53. The summed E-state index contributed by atoms with van der Waals surface area (Å²) in [5.74, 6) is 0. The number of piperidine rings is 1. The minimum Gasteiger partial charge on any atom is -0.313 e. The van der Waals surface area contributed by atoms with Gasteiger partial charge in [0.1, 0.15) is 11.4 Å². The lowest BCUT2D eigenvalue weighted by Crippen LogP contribution is -2.46. The van der Waals surface area contributed by atoms with Crippen molar-refractivity contribution in [3.05, 3.63) is 11.4 Å². The van der Waals surface area contributed by atoms with E-state index in [2.05, 4.69) is 34.4 Å². The molecule has 1 unspecified atom stereocenters. The van der Waals surface area contributed by atoms with Crippen molar-refractivity contribution >= 4 is 0 Å². The van der Waals surface area contributed by atoms with Crippen molar-refractivity contribution in [3.63, 3.8) is 0 Å². The first kappa shape index (κ1) is 13.5. The number of hydrogen-bond donors (Lipinski definition) is 1. The highest BCUT2D eigenvalue weighted by molar-refractivity contribution is 5.05. The maximum absolute atomic E-state index is 4.78. The predicted octanol–water partition coefficient (Wildman–Crippen LogP) is 1.73. The summed E-state index contributed by atoms with van der Waals surface area (Å²) in [5, 5.41) is 11.4. The summed E-state index contributed by atoms with van der Waals surface area (Å²) in [7, 11) is 0. The van der Waals surface area contributed by atoms with Crippen LogP contribution in [0.3, 0.4) is 0 Å². The Morgan fingerprint density at radius 1 is 1.39 bits per heavy atom. The van der Waals surface area contributed by atoms with Crippen LogP contribution in [0.15, 0.2) is 4.63 Å². The molecule has 0 radical (unpaired) electrons. The number of aromatic nitrogens is 2. The first-order valence-electron chi connectivity index (χ1n) is 6.92.